The van der Waals surface area contributed by atoms with Crippen molar-refractivity contribution in [1.82, 2.24) is 4.98 Å². The SMILES string of the molecule is Cc1c(I)ccc2c1C(=Cc1nc3c(o1)CCCC3)C(=O)N2. The number of nitrogens with one attached hydrogen (secondary N) is 1. The summed E-state index contributed by atoms with van der Waals surface area (Å²) in [7, 11) is 0. The van der Waals surface area contributed by atoms with Crippen molar-refractivity contribution >= 4 is 45.8 Å². The van der Waals surface area contributed by atoms with Gasteiger partial charge < -0.3 is 9.73 Å². The number of aromatic nitrogens is 1. The molecule has 1 aromatic carbocycles. The zero-order valence-corrected chi connectivity index (χ0v) is 14.4. The van der Waals surface area contributed by atoms with E-state index in [0.29, 0.717) is 11.5 Å². The zero-order chi connectivity index (χ0) is 15.3. The Hall–Kier alpha value is -1.63. The molecule has 1 aromatic heterocycles. The van der Waals surface area contributed by atoms with Crippen molar-refractivity contribution in [3.63, 3.8) is 0 Å². The van der Waals surface area contributed by atoms with Crippen LogP contribution in [0.1, 0.15) is 41.3 Å². The van der Waals surface area contributed by atoms with Crippen LogP contribution in [0.2, 0.25) is 0 Å². The number of carbonyl (C=O) groups excluding carboxylic acids is 1. The van der Waals surface area contributed by atoms with Gasteiger partial charge in [0.25, 0.3) is 5.91 Å². The van der Waals surface area contributed by atoms with Crippen LogP contribution in [-0.2, 0) is 17.6 Å². The number of aryl methyl sites for hydroxylation is 2. The fraction of sp³-hybridized carbons (Fsp3) is 0.294. The Bertz CT molecular complexity index is 797. The lowest BCUT2D eigenvalue weighted by Crippen LogP contribution is -2.03. The van der Waals surface area contributed by atoms with Gasteiger partial charge in [-0.2, -0.15) is 0 Å². The number of benzene rings is 1. The minimum absolute atomic E-state index is 0.0868. The summed E-state index contributed by atoms with van der Waals surface area (Å²) in [6.07, 6.45) is 6.02. The molecule has 0 saturated carbocycles. The molecule has 0 unspecified atom stereocenters. The van der Waals surface area contributed by atoms with Crippen molar-refractivity contribution in [3.8, 4) is 0 Å². The minimum Gasteiger partial charge on any atom is -0.441 e. The maximum atomic E-state index is 12.3. The second kappa shape index (κ2) is 5.22. The summed E-state index contributed by atoms with van der Waals surface area (Å²) < 4.78 is 6.98. The van der Waals surface area contributed by atoms with Gasteiger partial charge in [-0.25, -0.2) is 4.98 Å². The number of nitrogens with zero attached hydrogens (tertiary/aromatic N) is 1. The van der Waals surface area contributed by atoms with E-state index in [1.165, 1.54) is 0 Å². The van der Waals surface area contributed by atoms with Crippen LogP contribution in [0.3, 0.4) is 0 Å². The summed E-state index contributed by atoms with van der Waals surface area (Å²) in [4.78, 5) is 16.8. The summed E-state index contributed by atoms with van der Waals surface area (Å²) in [5.74, 6) is 1.44. The molecule has 22 heavy (non-hydrogen) atoms. The number of fused-ring (bicyclic) bond motifs is 2. The Morgan fingerprint density at radius 1 is 1.32 bits per heavy atom. The van der Waals surface area contributed by atoms with E-state index in [1.54, 1.807) is 6.08 Å². The molecular weight excluding hydrogens is 391 g/mol. The second-order valence-electron chi connectivity index (χ2n) is 5.74. The average Bonchev–Trinajstić information content (AvgIpc) is 3.05. The number of rotatable bonds is 1. The van der Waals surface area contributed by atoms with Gasteiger partial charge in [0, 0.05) is 27.3 Å². The van der Waals surface area contributed by atoms with Crippen LogP contribution >= 0.6 is 22.6 Å². The summed E-state index contributed by atoms with van der Waals surface area (Å²) in [6.45, 7) is 2.04. The molecule has 1 aliphatic heterocycles. The number of halogens is 1. The highest BCUT2D eigenvalue weighted by molar-refractivity contribution is 14.1. The lowest BCUT2D eigenvalue weighted by atomic mass is 10.0. The van der Waals surface area contributed by atoms with E-state index in [1.807, 2.05) is 19.1 Å². The average molecular weight is 406 g/mol. The van der Waals surface area contributed by atoms with Crippen LogP contribution in [0.4, 0.5) is 5.69 Å². The Labute approximate surface area is 142 Å². The molecule has 0 radical (unpaired) electrons. The molecule has 0 saturated heterocycles. The third-order valence-corrected chi connectivity index (χ3v) is 5.46. The normalized spacial score (nSPS) is 18.3. The number of hydrogen-bond donors (Lipinski definition) is 1. The van der Waals surface area contributed by atoms with Gasteiger partial charge in [0.15, 0.2) is 0 Å². The van der Waals surface area contributed by atoms with Crippen molar-refractivity contribution in [2.45, 2.75) is 32.6 Å². The van der Waals surface area contributed by atoms with Crippen LogP contribution in [0, 0.1) is 10.5 Å². The molecule has 0 fully saturated rings. The highest BCUT2D eigenvalue weighted by atomic mass is 127. The van der Waals surface area contributed by atoms with Gasteiger partial charge in [0.2, 0.25) is 5.89 Å². The third kappa shape index (κ3) is 2.18. The molecule has 0 spiro atoms. The molecule has 4 nitrogen and oxygen atoms in total. The first-order valence-electron chi connectivity index (χ1n) is 7.44. The van der Waals surface area contributed by atoms with E-state index in [2.05, 4.69) is 32.9 Å². The topological polar surface area (TPSA) is 55.1 Å². The van der Waals surface area contributed by atoms with Crippen molar-refractivity contribution in [3.05, 3.63) is 44.2 Å². The van der Waals surface area contributed by atoms with E-state index in [9.17, 15) is 4.79 Å². The fourth-order valence-corrected chi connectivity index (χ4v) is 3.59. The van der Waals surface area contributed by atoms with Crippen molar-refractivity contribution < 1.29 is 9.21 Å². The van der Waals surface area contributed by atoms with Gasteiger partial charge >= 0.3 is 0 Å². The number of hydrogen-bond acceptors (Lipinski definition) is 3. The molecule has 2 aliphatic rings. The third-order valence-electron chi connectivity index (χ3n) is 4.29. The first kappa shape index (κ1) is 14.0. The van der Waals surface area contributed by atoms with E-state index in [0.717, 1.165) is 57.5 Å². The molecule has 1 aliphatic carbocycles. The summed E-state index contributed by atoms with van der Waals surface area (Å²) >= 11 is 2.29. The fourth-order valence-electron chi connectivity index (χ4n) is 3.14. The largest absolute Gasteiger partial charge is 0.441 e. The molecule has 2 aromatic rings. The molecule has 2 heterocycles. The molecule has 1 N–H and O–H groups in total. The van der Waals surface area contributed by atoms with E-state index < -0.39 is 0 Å². The van der Waals surface area contributed by atoms with E-state index in [4.69, 9.17) is 4.42 Å². The maximum Gasteiger partial charge on any atom is 0.256 e. The lowest BCUT2D eigenvalue weighted by molar-refractivity contribution is -0.110. The molecule has 0 bridgehead atoms. The van der Waals surface area contributed by atoms with Crippen molar-refractivity contribution in [1.29, 1.82) is 0 Å². The quantitative estimate of drug-likeness (QED) is 0.576. The first-order valence-corrected chi connectivity index (χ1v) is 8.52. The monoisotopic (exact) mass is 406 g/mol. The number of carbonyl (C=O) groups is 1. The molecule has 112 valence electrons. The van der Waals surface area contributed by atoms with Gasteiger partial charge in [-0.05, 0) is 66.5 Å². The standard InChI is InChI=1S/C17H15IN2O2/c1-9-11(18)6-7-13-16(9)10(17(21)20-13)8-15-19-12-4-2-3-5-14(12)22-15/h6-8H,2-5H2,1H3,(H,20,21). The van der Waals surface area contributed by atoms with Crippen LogP contribution < -0.4 is 5.32 Å². The predicted octanol–water partition coefficient (Wildman–Crippen LogP) is 3.96. The smallest absolute Gasteiger partial charge is 0.256 e. The van der Waals surface area contributed by atoms with Crippen molar-refractivity contribution in [2.24, 2.45) is 0 Å². The van der Waals surface area contributed by atoms with E-state index in [-0.39, 0.29) is 5.91 Å². The van der Waals surface area contributed by atoms with Gasteiger partial charge in [-0.1, -0.05) is 0 Å². The van der Waals surface area contributed by atoms with Gasteiger partial charge in [-0.15, -0.1) is 0 Å². The van der Waals surface area contributed by atoms with Gasteiger partial charge in [0.1, 0.15) is 5.76 Å². The summed E-state index contributed by atoms with van der Waals surface area (Å²) in [5.41, 5.74) is 4.64. The lowest BCUT2D eigenvalue weighted by Gasteiger charge is -2.05. The number of anilines is 1. The zero-order valence-electron chi connectivity index (χ0n) is 12.2. The van der Waals surface area contributed by atoms with Crippen LogP contribution in [0.5, 0.6) is 0 Å². The Morgan fingerprint density at radius 2 is 2.14 bits per heavy atom. The van der Waals surface area contributed by atoms with Crippen LogP contribution in [0.25, 0.3) is 11.6 Å². The number of oxazole rings is 1. The van der Waals surface area contributed by atoms with Gasteiger partial charge in [-0.3, -0.25) is 4.79 Å². The second-order valence-corrected chi connectivity index (χ2v) is 6.90. The van der Waals surface area contributed by atoms with Crippen molar-refractivity contribution in [2.75, 3.05) is 5.32 Å². The Morgan fingerprint density at radius 3 is 2.95 bits per heavy atom. The Kier molecular flexibility index (Phi) is 3.32. The van der Waals surface area contributed by atoms with Crippen LogP contribution in [0.15, 0.2) is 16.5 Å². The maximum absolute atomic E-state index is 12.3. The molecule has 0 atom stereocenters. The molecule has 1 amide bonds. The van der Waals surface area contributed by atoms with E-state index >= 15 is 0 Å². The highest BCUT2D eigenvalue weighted by Crippen LogP contribution is 2.37. The minimum atomic E-state index is -0.0868. The molecule has 4 rings (SSSR count). The van der Waals surface area contributed by atoms with Gasteiger partial charge in [0.05, 0.1) is 11.3 Å². The first-order chi connectivity index (χ1) is 10.6. The number of amides is 1. The highest BCUT2D eigenvalue weighted by Gasteiger charge is 2.27. The molecular formula is C17H15IN2O2. The molecule has 5 heteroatoms. The Balaban J connectivity index is 1.82. The summed E-state index contributed by atoms with van der Waals surface area (Å²) in [6, 6.07) is 3.96. The predicted molar refractivity (Wildman–Crippen MR) is 93.5 cm³/mol. The van der Waals surface area contributed by atoms with Crippen LogP contribution in [-0.4, -0.2) is 10.9 Å². The summed E-state index contributed by atoms with van der Waals surface area (Å²) in [5, 5.41) is 2.92.